The SMILES string of the molecule is Cc1ncc(CC(=O)N2CCCC2c2nc3ccccc3c(=O)n2CC(F)(F)F)s1. The van der Waals surface area contributed by atoms with Gasteiger partial charge in [0.1, 0.15) is 12.4 Å². The highest BCUT2D eigenvalue weighted by Crippen LogP contribution is 2.33. The molecule has 1 unspecified atom stereocenters. The maximum Gasteiger partial charge on any atom is 0.406 e. The highest BCUT2D eigenvalue weighted by molar-refractivity contribution is 7.11. The van der Waals surface area contributed by atoms with E-state index >= 15 is 0 Å². The Morgan fingerprint density at radius 2 is 2.07 bits per heavy atom. The molecular formula is C20H19F3N4O2S. The largest absolute Gasteiger partial charge is 0.406 e. The van der Waals surface area contributed by atoms with Crippen LogP contribution in [0.1, 0.15) is 34.6 Å². The molecule has 1 atom stereocenters. The van der Waals surface area contributed by atoms with Gasteiger partial charge in [-0.05, 0) is 31.9 Å². The molecule has 4 rings (SSSR count). The van der Waals surface area contributed by atoms with Gasteiger partial charge in [0.2, 0.25) is 5.91 Å². The molecule has 0 aliphatic carbocycles. The van der Waals surface area contributed by atoms with Crippen LogP contribution in [-0.4, -0.2) is 38.1 Å². The Kier molecular flexibility index (Phi) is 5.35. The zero-order valence-corrected chi connectivity index (χ0v) is 17.0. The number of nitrogens with zero attached hydrogens (tertiary/aromatic N) is 4. The van der Waals surface area contributed by atoms with Gasteiger partial charge in [-0.25, -0.2) is 9.97 Å². The molecule has 0 bridgehead atoms. The van der Waals surface area contributed by atoms with Crippen molar-refractivity contribution in [3.05, 3.63) is 56.5 Å². The second kappa shape index (κ2) is 7.82. The van der Waals surface area contributed by atoms with Gasteiger partial charge < -0.3 is 4.90 Å². The van der Waals surface area contributed by atoms with E-state index in [-0.39, 0.29) is 23.5 Å². The number of hydrogen-bond acceptors (Lipinski definition) is 5. The number of amides is 1. The van der Waals surface area contributed by atoms with Crippen LogP contribution in [0, 0.1) is 6.92 Å². The van der Waals surface area contributed by atoms with Crippen molar-refractivity contribution in [2.45, 2.75) is 44.9 Å². The molecule has 1 aliphatic rings. The molecule has 0 saturated carbocycles. The van der Waals surface area contributed by atoms with Crippen molar-refractivity contribution >= 4 is 28.1 Å². The van der Waals surface area contributed by atoms with Crippen LogP contribution in [0.15, 0.2) is 35.3 Å². The van der Waals surface area contributed by atoms with Crippen molar-refractivity contribution in [3.63, 3.8) is 0 Å². The molecule has 1 aromatic carbocycles. The molecule has 6 nitrogen and oxygen atoms in total. The molecule has 1 saturated heterocycles. The summed E-state index contributed by atoms with van der Waals surface area (Å²) in [5, 5.41) is 0.965. The summed E-state index contributed by atoms with van der Waals surface area (Å²) in [6, 6.07) is 5.65. The number of fused-ring (bicyclic) bond motifs is 1. The third-order valence-corrected chi connectivity index (χ3v) is 6.01. The maximum atomic E-state index is 13.3. The molecule has 3 heterocycles. The summed E-state index contributed by atoms with van der Waals surface area (Å²) >= 11 is 1.41. The number of halogens is 3. The lowest BCUT2D eigenvalue weighted by Gasteiger charge is -2.27. The van der Waals surface area contributed by atoms with Gasteiger partial charge >= 0.3 is 6.18 Å². The van der Waals surface area contributed by atoms with Gasteiger partial charge in [0.25, 0.3) is 5.56 Å². The van der Waals surface area contributed by atoms with Crippen LogP contribution >= 0.6 is 11.3 Å². The first-order chi connectivity index (χ1) is 14.2. The van der Waals surface area contributed by atoms with Crippen LogP contribution in [0.2, 0.25) is 0 Å². The van der Waals surface area contributed by atoms with E-state index in [9.17, 15) is 22.8 Å². The monoisotopic (exact) mass is 436 g/mol. The van der Waals surface area contributed by atoms with Crippen molar-refractivity contribution in [1.29, 1.82) is 0 Å². The Balaban J connectivity index is 1.75. The van der Waals surface area contributed by atoms with Crippen LogP contribution in [0.25, 0.3) is 10.9 Å². The second-order valence-corrected chi connectivity index (χ2v) is 8.58. The third-order valence-electron chi connectivity index (χ3n) is 5.09. The molecule has 2 aromatic heterocycles. The predicted octanol–water partition coefficient (Wildman–Crippen LogP) is 3.63. The number of benzene rings is 1. The van der Waals surface area contributed by atoms with Crippen LogP contribution in [0.5, 0.6) is 0 Å². The molecule has 1 fully saturated rings. The highest BCUT2D eigenvalue weighted by atomic mass is 32.1. The lowest BCUT2D eigenvalue weighted by molar-refractivity contribution is -0.142. The summed E-state index contributed by atoms with van der Waals surface area (Å²) in [6.07, 6.45) is -1.74. The van der Waals surface area contributed by atoms with E-state index < -0.39 is 24.3 Å². The summed E-state index contributed by atoms with van der Waals surface area (Å²) < 4.78 is 40.5. The van der Waals surface area contributed by atoms with E-state index in [1.807, 2.05) is 6.92 Å². The first kappa shape index (κ1) is 20.5. The van der Waals surface area contributed by atoms with E-state index in [2.05, 4.69) is 9.97 Å². The van der Waals surface area contributed by atoms with Crippen LogP contribution in [-0.2, 0) is 17.8 Å². The molecule has 1 aliphatic heterocycles. The van der Waals surface area contributed by atoms with E-state index in [0.717, 1.165) is 9.88 Å². The molecule has 1 amide bonds. The van der Waals surface area contributed by atoms with Crippen molar-refractivity contribution in [2.24, 2.45) is 0 Å². The molecule has 10 heteroatoms. The van der Waals surface area contributed by atoms with Gasteiger partial charge in [0, 0.05) is 17.6 Å². The van der Waals surface area contributed by atoms with Crippen molar-refractivity contribution in [3.8, 4) is 0 Å². The van der Waals surface area contributed by atoms with Gasteiger partial charge in [0.05, 0.1) is 28.4 Å². The third kappa shape index (κ3) is 4.09. The number of thiazole rings is 1. The fourth-order valence-electron chi connectivity index (χ4n) is 3.84. The van der Waals surface area contributed by atoms with Crippen LogP contribution in [0.4, 0.5) is 13.2 Å². The van der Waals surface area contributed by atoms with Crippen LogP contribution < -0.4 is 5.56 Å². The minimum Gasteiger partial charge on any atom is -0.332 e. The van der Waals surface area contributed by atoms with E-state index in [1.54, 1.807) is 29.3 Å². The quantitative estimate of drug-likeness (QED) is 0.627. The Morgan fingerprint density at radius 3 is 2.77 bits per heavy atom. The number of likely N-dealkylation sites (tertiary alicyclic amines) is 1. The number of rotatable bonds is 4. The summed E-state index contributed by atoms with van der Waals surface area (Å²) in [4.78, 5) is 36.7. The summed E-state index contributed by atoms with van der Waals surface area (Å²) in [6.45, 7) is 0.813. The molecule has 158 valence electrons. The van der Waals surface area contributed by atoms with Crippen LogP contribution in [0.3, 0.4) is 0 Å². The van der Waals surface area contributed by atoms with Gasteiger partial charge in [-0.15, -0.1) is 11.3 Å². The highest BCUT2D eigenvalue weighted by Gasteiger charge is 2.37. The van der Waals surface area contributed by atoms with Crippen molar-refractivity contribution < 1.29 is 18.0 Å². The Morgan fingerprint density at radius 1 is 1.30 bits per heavy atom. The number of hydrogen-bond donors (Lipinski definition) is 0. The van der Waals surface area contributed by atoms with E-state index in [1.165, 1.54) is 17.4 Å². The Bertz CT molecular complexity index is 1150. The maximum absolute atomic E-state index is 13.3. The minimum atomic E-state index is -4.59. The zero-order chi connectivity index (χ0) is 21.5. The minimum absolute atomic E-state index is 0.0117. The molecule has 0 N–H and O–H groups in total. The number of alkyl halides is 3. The van der Waals surface area contributed by atoms with Gasteiger partial charge in [-0.2, -0.15) is 13.2 Å². The number of aromatic nitrogens is 3. The second-order valence-electron chi connectivity index (χ2n) is 7.26. The van der Waals surface area contributed by atoms with E-state index in [4.69, 9.17) is 0 Å². The first-order valence-corrected chi connectivity index (χ1v) is 10.3. The topological polar surface area (TPSA) is 68.1 Å². The average Bonchev–Trinajstić information content (AvgIpc) is 3.32. The summed E-state index contributed by atoms with van der Waals surface area (Å²) in [5.74, 6) is -0.218. The Hall–Kier alpha value is -2.75. The fourth-order valence-corrected chi connectivity index (χ4v) is 4.63. The average molecular weight is 436 g/mol. The standard InChI is InChI=1S/C20H19F3N4O2S/c1-12-24-10-13(30-12)9-17(28)26-8-4-7-16(26)18-25-15-6-3-2-5-14(15)19(29)27(18)11-20(21,22)23/h2-3,5-6,10,16H,4,7-9,11H2,1H3. The fraction of sp³-hybridized carbons (Fsp3) is 0.400. The number of aryl methyl sites for hydroxylation is 1. The zero-order valence-electron chi connectivity index (χ0n) is 16.1. The molecular weight excluding hydrogens is 417 g/mol. The number of para-hydroxylation sites is 1. The lowest BCUT2D eigenvalue weighted by Crippen LogP contribution is -2.38. The van der Waals surface area contributed by atoms with Gasteiger partial charge in [-0.1, -0.05) is 12.1 Å². The van der Waals surface area contributed by atoms with E-state index in [0.29, 0.717) is 29.5 Å². The van der Waals surface area contributed by atoms with Gasteiger partial charge in [0.15, 0.2) is 0 Å². The lowest BCUT2D eigenvalue weighted by atomic mass is 10.1. The first-order valence-electron chi connectivity index (χ1n) is 9.50. The molecule has 3 aromatic rings. The Labute approximate surface area is 174 Å². The van der Waals surface area contributed by atoms with Crippen molar-refractivity contribution in [2.75, 3.05) is 6.54 Å². The van der Waals surface area contributed by atoms with Crippen molar-refractivity contribution in [1.82, 2.24) is 19.4 Å². The molecule has 30 heavy (non-hydrogen) atoms. The summed E-state index contributed by atoms with van der Waals surface area (Å²) in [7, 11) is 0. The molecule has 0 radical (unpaired) electrons. The predicted molar refractivity (Wildman–Crippen MR) is 106 cm³/mol. The van der Waals surface area contributed by atoms with Gasteiger partial charge in [-0.3, -0.25) is 14.2 Å². The smallest absolute Gasteiger partial charge is 0.332 e. The summed E-state index contributed by atoms with van der Waals surface area (Å²) in [5.41, 5.74) is -0.418. The number of carbonyl (C=O) groups excluding carboxylic acids is 1. The number of carbonyl (C=O) groups is 1. The molecule has 0 spiro atoms. The normalized spacial score (nSPS) is 17.1.